The zero-order valence-corrected chi connectivity index (χ0v) is 17.7. The molecule has 0 amide bonds. The Morgan fingerprint density at radius 3 is 2.62 bits per heavy atom. The number of carbonyl (C=O) groups excluding carboxylic acids is 1. The number of ether oxygens (including phenoxy) is 1. The monoisotopic (exact) mass is 433 g/mol. The summed E-state index contributed by atoms with van der Waals surface area (Å²) in [4.78, 5) is 13.2. The number of piperidine rings is 1. The number of likely N-dealkylation sites (tertiary alicyclic amines) is 1. The summed E-state index contributed by atoms with van der Waals surface area (Å²) in [5, 5.41) is 0.453. The molecule has 2 aliphatic heterocycles. The zero-order chi connectivity index (χ0) is 20.5. The quantitative estimate of drug-likeness (QED) is 0.651. The minimum atomic E-state index is -3.52. The summed E-state index contributed by atoms with van der Waals surface area (Å²) in [6.45, 7) is 3.22. The normalized spacial score (nSPS) is 18.4. The topological polar surface area (TPSA) is 63.7 Å². The third kappa shape index (κ3) is 4.06. The fraction of sp³-hybridized carbons (Fsp3) is 0.409. The lowest BCUT2D eigenvalue weighted by molar-refractivity contribution is -0.108. The first-order chi connectivity index (χ1) is 13.9. The second-order valence-electron chi connectivity index (χ2n) is 7.87. The van der Waals surface area contributed by atoms with E-state index in [2.05, 4.69) is 4.90 Å². The number of nitrogens with zero attached hydrogens (tertiary/aromatic N) is 1. The summed E-state index contributed by atoms with van der Waals surface area (Å²) in [5.74, 6) is 0.536. The van der Waals surface area contributed by atoms with Crippen molar-refractivity contribution < 1.29 is 17.9 Å². The van der Waals surface area contributed by atoms with Gasteiger partial charge in [-0.05, 0) is 49.7 Å². The van der Waals surface area contributed by atoms with Crippen molar-refractivity contribution in [2.75, 3.05) is 26.2 Å². The summed E-state index contributed by atoms with van der Waals surface area (Å²) >= 11 is 6.14. The highest BCUT2D eigenvalue weighted by atomic mass is 35.5. The van der Waals surface area contributed by atoms with Gasteiger partial charge in [0.05, 0.1) is 17.3 Å². The molecule has 2 aromatic carbocycles. The first kappa shape index (κ1) is 20.4. The first-order valence-corrected chi connectivity index (χ1v) is 11.9. The Morgan fingerprint density at radius 2 is 1.90 bits per heavy atom. The molecule has 2 aliphatic rings. The van der Waals surface area contributed by atoms with Crippen LogP contribution in [0.25, 0.3) is 0 Å². The number of hydrogen-bond donors (Lipinski definition) is 0. The molecule has 0 atom stereocenters. The minimum Gasteiger partial charge on any atom is -0.492 e. The number of benzene rings is 2. The van der Waals surface area contributed by atoms with Gasteiger partial charge in [0.1, 0.15) is 12.0 Å². The van der Waals surface area contributed by atoms with Crippen molar-refractivity contribution in [2.45, 2.75) is 35.3 Å². The SMILES string of the molecule is O=CCCN1CCC2(CC1)COc1cc(S(=O)(=O)Cc3ccccc3Cl)ccc12. The molecule has 1 spiro atoms. The van der Waals surface area contributed by atoms with Crippen LogP contribution >= 0.6 is 11.6 Å². The zero-order valence-electron chi connectivity index (χ0n) is 16.1. The minimum absolute atomic E-state index is 0.0575. The van der Waals surface area contributed by atoms with Crippen molar-refractivity contribution in [1.82, 2.24) is 4.90 Å². The number of fused-ring (bicyclic) bond motifs is 2. The summed E-state index contributed by atoms with van der Waals surface area (Å²) in [6.07, 6.45) is 3.42. The molecule has 4 rings (SSSR count). The predicted molar refractivity (Wildman–Crippen MR) is 112 cm³/mol. The molecule has 5 nitrogen and oxygen atoms in total. The van der Waals surface area contributed by atoms with Gasteiger partial charge in [-0.3, -0.25) is 0 Å². The molecule has 2 aromatic rings. The Balaban J connectivity index is 1.53. The van der Waals surface area contributed by atoms with Gasteiger partial charge >= 0.3 is 0 Å². The van der Waals surface area contributed by atoms with Crippen LogP contribution < -0.4 is 4.74 Å². The number of hydrogen-bond acceptors (Lipinski definition) is 5. The average molecular weight is 434 g/mol. The standard InChI is InChI=1S/C22H24ClNO4S/c23-20-5-2-1-4-17(20)15-29(26,27)18-6-7-19-21(14-18)28-16-22(19)8-11-24(12-9-22)10-3-13-25/h1-2,4-7,13-14H,3,8-12,15-16H2. The van der Waals surface area contributed by atoms with Gasteiger partial charge < -0.3 is 14.4 Å². The second kappa shape index (κ2) is 8.09. The molecule has 0 bridgehead atoms. The van der Waals surface area contributed by atoms with Gasteiger partial charge in [0.25, 0.3) is 0 Å². The van der Waals surface area contributed by atoms with Gasteiger partial charge in [-0.1, -0.05) is 35.9 Å². The molecule has 0 unspecified atom stereocenters. The first-order valence-electron chi connectivity index (χ1n) is 9.83. The van der Waals surface area contributed by atoms with Gasteiger partial charge in [0.15, 0.2) is 9.84 Å². The maximum atomic E-state index is 12.9. The molecular weight excluding hydrogens is 410 g/mol. The van der Waals surface area contributed by atoms with Crippen LogP contribution in [-0.2, 0) is 25.8 Å². The highest BCUT2D eigenvalue weighted by Gasteiger charge is 2.43. The van der Waals surface area contributed by atoms with E-state index in [-0.39, 0.29) is 16.1 Å². The largest absolute Gasteiger partial charge is 0.492 e. The van der Waals surface area contributed by atoms with E-state index in [1.807, 2.05) is 6.07 Å². The average Bonchev–Trinajstić information content (AvgIpc) is 3.07. The van der Waals surface area contributed by atoms with Crippen LogP contribution in [-0.4, -0.2) is 45.8 Å². The van der Waals surface area contributed by atoms with Crippen LogP contribution in [0.3, 0.4) is 0 Å². The Kier molecular flexibility index (Phi) is 5.69. The van der Waals surface area contributed by atoms with E-state index in [0.717, 1.165) is 44.3 Å². The predicted octanol–water partition coefficient (Wildman–Crippen LogP) is 3.63. The Labute approximate surface area is 176 Å². The molecule has 1 saturated heterocycles. The van der Waals surface area contributed by atoms with E-state index in [9.17, 15) is 13.2 Å². The summed E-state index contributed by atoms with van der Waals surface area (Å²) in [5.41, 5.74) is 1.64. The van der Waals surface area contributed by atoms with Gasteiger partial charge in [-0.2, -0.15) is 0 Å². The van der Waals surface area contributed by atoms with Gasteiger partial charge in [0, 0.05) is 29.0 Å². The van der Waals surface area contributed by atoms with E-state index in [0.29, 0.717) is 29.4 Å². The van der Waals surface area contributed by atoms with Crippen LogP contribution in [0, 0.1) is 0 Å². The highest BCUT2D eigenvalue weighted by molar-refractivity contribution is 7.90. The molecule has 0 radical (unpaired) electrons. The highest BCUT2D eigenvalue weighted by Crippen LogP contribution is 2.46. The van der Waals surface area contributed by atoms with Crippen molar-refractivity contribution in [1.29, 1.82) is 0 Å². The summed E-state index contributed by atoms with van der Waals surface area (Å²) in [6, 6.07) is 12.3. The molecule has 2 heterocycles. The third-order valence-corrected chi connectivity index (χ3v) is 8.10. The van der Waals surface area contributed by atoms with E-state index in [4.69, 9.17) is 16.3 Å². The number of sulfone groups is 1. The van der Waals surface area contributed by atoms with Crippen LogP contribution in [0.1, 0.15) is 30.4 Å². The van der Waals surface area contributed by atoms with Crippen molar-refractivity contribution in [2.24, 2.45) is 0 Å². The molecule has 29 heavy (non-hydrogen) atoms. The number of carbonyl (C=O) groups is 1. The fourth-order valence-corrected chi connectivity index (χ4v) is 5.98. The van der Waals surface area contributed by atoms with Gasteiger partial charge in [0.2, 0.25) is 0 Å². The second-order valence-corrected chi connectivity index (χ2v) is 10.3. The lowest BCUT2D eigenvalue weighted by Gasteiger charge is -2.38. The number of halogens is 1. The molecule has 7 heteroatoms. The van der Waals surface area contributed by atoms with Gasteiger partial charge in [-0.25, -0.2) is 8.42 Å². The van der Waals surface area contributed by atoms with Crippen molar-refractivity contribution in [3.05, 3.63) is 58.6 Å². The van der Waals surface area contributed by atoms with Crippen molar-refractivity contribution in [3.8, 4) is 5.75 Å². The maximum Gasteiger partial charge on any atom is 0.182 e. The van der Waals surface area contributed by atoms with E-state index in [1.165, 1.54) is 0 Å². The van der Waals surface area contributed by atoms with E-state index >= 15 is 0 Å². The van der Waals surface area contributed by atoms with E-state index < -0.39 is 9.84 Å². The lowest BCUT2D eigenvalue weighted by Crippen LogP contribution is -2.43. The Bertz CT molecular complexity index is 1010. The molecular formula is C22H24ClNO4S. The Morgan fingerprint density at radius 1 is 1.14 bits per heavy atom. The van der Waals surface area contributed by atoms with Crippen LogP contribution in [0.2, 0.25) is 5.02 Å². The van der Waals surface area contributed by atoms with Gasteiger partial charge in [-0.15, -0.1) is 0 Å². The summed E-state index contributed by atoms with van der Waals surface area (Å²) < 4.78 is 31.8. The lowest BCUT2D eigenvalue weighted by atomic mass is 9.74. The van der Waals surface area contributed by atoms with E-state index in [1.54, 1.807) is 36.4 Å². The molecule has 154 valence electrons. The molecule has 0 aliphatic carbocycles. The molecule has 0 aromatic heterocycles. The molecule has 1 fully saturated rings. The fourth-order valence-electron chi connectivity index (χ4n) is 4.30. The number of aldehydes is 1. The van der Waals surface area contributed by atoms with Crippen LogP contribution in [0.5, 0.6) is 5.75 Å². The van der Waals surface area contributed by atoms with Crippen molar-refractivity contribution >= 4 is 27.7 Å². The van der Waals surface area contributed by atoms with Crippen LogP contribution in [0.15, 0.2) is 47.4 Å². The smallest absolute Gasteiger partial charge is 0.182 e. The molecule has 0 saturated carbocycles. The Hall–Kier alpha value is -1.89. The molecule has 0 N–H and O–H groups in total. The van der Waals surface area contributed by atoms with Crippen molar-refractivity contribution in [3.63, 3.8) is 0 Å². The van der Waals surface area contributed by atoms with Crippen LogP contribution in [0.4, 0.5) is 0 Å². The summed E-state index contributed by atoms with van der Waals surface area (Å²) in [7, 11) is -3.52. The number of rotatable bonds is 6. The maximum absolute atomic E-state index is 12.9. The third-order valence-electron chi connectivity index (χ3n) is 6.07.